The minimum atomic E-state index is -0.263. The highest BCUT2D eigenvalue weighted by molar-refractivity contribution is 5.96. The summed E-state index contributed by atoms with van der Waals surface area (Å²) in [6.45, 7) is 4.25. The summed E-state index contributed by atoms with van der Waals surface area (Å²) in [5, 5.41) is 0. The lowest BCUT2D eigenvalue weighted by Crippen LogP contribution is -2.38. The fourth-order valence-corrected chi connectivity index (χ4v) is 4.10. The van der Waals surface area contributed by atoms with Crippen molar-refractivity contribution in [2.45, 2.75) is 46.1 Å². The second-order valence-electron chi connectivity index (χ2n) is 7.39. The zero-order valence-electron chi connectivity index (χ0n) is 15.8. The summed E-state index contributed by atoms with van der Waals surface area (Å²) in [5.74, 6) is -0.168. The van der Waals surface area contributed by atoms with E-state index in [0.29, 0.717) is 6.54 Å². The zero-order chi connectivity index (χ0) is 19.0. The number of aryl methyl sites for hydroxylation is 3. The third-order valence-electron chi connectivity index (χ3n) is 5.49. The molecule has 0 atom stereocenters. The number of pyridine rings is 1. The third-order valence-corrected chi connectivity index (χ3v) is 5.49. The van der Waals surface area contributed by atoms with Crippen LogP contribution in [0.25, 0.3) is 5.69 Å². The molecule has 0 amide bonds. The van der Waals surface area contributed by atoms with E-state index in [0.717, 1.165) is 35.5 Å². The molecule has 2 aromatic heterocycles. The van der Waals surface area contributed by atoms with Crippen LogP contribution in [-0.4, -0.2) is 10.4 Å². The van der Waals surface area contributed by atoms with Crippen LogP contribution in [0.15, 0.2) is 48.8 Å². The molecule has 0 N–H and O–H groups in total. The van der Waals surface area contributed by atoms with Crippen molar-refractivity contribution in [3.05, 3.63) is 82.7 Å². The van der Waals surface area contributed by atoms with Crippen LogP contribution >= 0.6 is 0 Å². The van der Waals surface area contributed by atoms with E-state index in [1.54, 1.807) is 12.1 Å². The Hall–Kier alpha value is -2.75. The van der Waals surface area contributed by atoms with Crippen LogP contribution in [0.4, 0.5) is 4.39 Å². The van der Waals surface area contributed by atoms with Crippen LogP contribution in [-0.2, 0) is 19.4 Å². The Labute approximate surface area is 159 Å². The standard InChI is InChI=1S/C23H24FN2O/c1-16-13-22(17(2)26(16)21-9-7-20(24)8-10-21)23(27)15-25-12-11-18-5-3-4-6-19(18)14-25/h7-14H,3-6,15H2,1-2H3/q+1. The molecule has 0 bridgehead atoms. The molecule has 4 heteroatoms. The van der Waals surface area contributed by atoms with Gasteiger partial charge in [0.05, 0.1) is 0 Å². The summed E-state index contributed by atoms with van der Waals surface area (Å²) in [7, 11) is 0. The van der Waals surface area contributed by atoms with E-state index in [9.17, 15) is 9.18 Å². The second-order valence-corrected chi connectivity index (χ2v) is 7.39. The van der Waals surface area contributed by atoms with Gasteiger partial charge in [0.1, 0.15) is 5.82 Å². The fourth-order valence-electron chi connectivity index (χ4n) is 4.10. The van der Waals surface area contributed by atoms with Gasteiger partial charge in [0.2, 0.25) is 12.3 Å². The number of aromatic nitrogens is 2. The lowest BCUT2D eigenvalue weighted by molar-refractivity contribution is -0.683. The number of nitrogens with zero attached hydrogens (tertiary/aromatic N) is 2. The molecule has 3 nitrogen and oxygen atoms in total. The van der Waals surface area contributed by atoms with E-state index in [1.165, 1.54) is 36.1 Å². The predicted octanol–water partition coefficient (Wildman–Crippen LogP) is 4.28. The van der Waals surface area contributed by atoms with Gasteiger partial charge >= 0.3 is 0 Å². The van der Waals surface area contributed by atoms with Gasteiger partial charge in [-0.1, -0.05) is 0 Å². The fraction of sp³-hybridized carbons (Fsp3) is 0.304. The van der Waals surface area contributed by atoms with E-state index in [4.69, 9.17) is 0 Å². The lowest BCUT2D eigenvalue weighted by Gasteiger charge is -2.13. The Morgan fingerprint density at radius 1 is 1.07 bits per heavy atom. The Morgan fingerprint density at radius 3 is 2.52 bits per heavy atom. The number of Topliss-reactive ketones (excluding diaryl/α,β-unsaturated/α-hetero) is 1. The Kier molecular flexibility index (Phi) is 4.65. The predicted molar refractivity (Wildman–Crippen MR) is 103 cm³/mol. The molecule has 0 saturated carbocycles. The Balaban J connectivity index is 1.61. The van der Waals surface area contributed by atoms with Gasteiger partial charge in [-0.25, -0.2) is 4.39 Å². The van der Waals surface area contributed by atoms with Gasteiger partial charge in [0.15, 0.2) is 12.4 Å². The van der Waals surface area contributed by atoms with Gasteiger partial charge in [-0.15, -0.1) is 0 Å². The van der Waals surface area contributed by atoms with Gasteiger partial charge in [-0.2, -0.15) is 4.57 Å². The Bertz CT molecular complexity index is 1000. The SMILES string of the molecule is Cc1cc(C(=O)C[n+]2ccc3c(c2)CCCC3)c(C)n1-c1ccc(F)cc1. The van der Waals surface area contributed by atoms with Crippen molar-refractivity contribution in [2.24, 2.45) is 0 Å². The van der Waals surface area contributed by atoms with E-state index in [2.05, 4.69) is 12.3 Å². The van der Waals surface area contributed by atoms with Crippen molar-refractivity contribution >= 4 is 5.78 Å². The highest BCUT2D eigenvalue weighted by Crippen LogP contribution is 2.22. The molecule has 0 aliphatic heterocycles. The van der Waals surface area contributed by atoms with Crippen LogP contribution in [0.3, 0.4) is 0 Å². The minimum absolute atomic E-state index is 0.0946. The molecular formula is C23H24FN2O+. The monoisotopic (exact) mass is 363 g/mol. The number of ketones is 1. The summed E-state index contributed by atoms with van der Waals surface area (Å²) in [6, 6.07) is 10.4. The summed E-state index contributed by atoms with van der Waals surface area (Å²) in [6.07, 6.45) is 8.87. The summed E-state index contributed by atoms with van der Waals surface area (Å²) >= 11 is 0. The summed E-state index contributed by atoms with van der Waals surface area (Å²) in [4.78, 5) is 13.0. The van der Waals surface area contributed by atoms with Crippen LogP contribution in [0.1, 0.15) is 45.7 Å². The largest absolute Gasteiger partial charge is 0.318 e. The molecule has 0 spiro atoms. The average molecular weight is 363 g/mol. The molecule has 138 valence electrons. The molecule has 3 aromatic rings. The lowest BCUT2D eigenvalue weighted by atomic mass is 9.93. The van der Waals surface area contributed by atoms with Crippen LogP contribution in [0.2, 0.25) is 0 Å². The molecule has 0 saturated heterocycles. The van der Waals surface area contributed by atoms with Crippen molar-refractivity contribution in [1.82, 2.24) is 4.57 Å². The quantitative estimate of drug-likeness (QED) is 0.502. The van der Waals surface area contributed by atoms with Crippen molar-refractivity contribution in [3.8, 4) is 5.69 Å². The number of benzene rings is 1. The van der Waals surface area contributed by atoms with Crippen molar-refractivity contribution in [1.29, 1.82) is 0 Å². The Morgan fingerprint density at radius 2 is 1.78 bits per heavy atom. The zero-order valence-corrected chi connectivity index (χ0v) is 15.8. The maximum atomic E-state index is 13.2. The van der Waals surface area contributed by atoms with Gasteiger partial charge in [0.25, 0.3) is 0 Å². The highest BCUT2D eigenvalue weighted by Gasteiger charge is 2.21. The van der Waals surface area contributed by atoms with Crippen molar-refractivity contribution < 1.29 is 13.8 Å². The topological polar surface area (TPSA) is 25.9 Å². The van der Waals surface area contributed by atoms with Crippen LogP contribution in [0.5, 0.6) is 0 Å². The van der Waals surface area contributed by atoms with E-state index < -0.39 is 0 Å². The number of rotatable bonds is 4. The molecule has 1 aromatic carbocycles. The first-order valence-electron chi connectivity index (χ1n) is 9.52. The second kappa shape index (κ2) is 7.10. The summed E-state index contributed by atoms with van der Waals surface area (Å²) < 4.78 is 17.2. The molecular weight excluding hydrogens is 339 g/mol. The van der Waals surface area contributed by atoms with Crippen molar-refractivity contribution in [3.63, 3.8) is 0 Å². The van der Waals surface area contributed by atoms with E-state index in [-0.39, 0.29) is 11.6 Å². The first-order valence-corrected chi connectivity index (χ1v) is 9.52. The number of carbonyl (C=O) groups excluding carboxylic acids is 1. The molecule has 2 heterocycles. The third kappa shape index (κ3) is 3.44. The summed E-state index contributed by atoms with van der Waals surface area (Å²) in [5.41, 5.74) is 6.24. The highest BCUT2D eigenvalue weighted by atomic mass is 19.1. The number of carbonyl (C=O) groups is 1. The van der Waals surface area contributed by atoms with Crippen LogP contribution in [0, 0.1) is 19.7 Å². The molecule has 4 rings (SSSR count). The van der Waals surface area contributed by atoms with E-state index >= 15 is 0 Å². The van der Waals surface area contributed by atoms with Crippen molar-refractivity contribution in [2.75, 3.05) is 0 Å². The number of halogens is 1. The number of hydrogen-bond acceptors (Lipinski definition) is 1. The smallest absolute Gasteiger partial charge is 0.229 e. The molecule has 0 unspecified atom stereocenters. The van der Waals surface area contributed by atoms with Gasteiger partial charge < -0.3 is 4.57 Å². The molecule has 1 aliphatic carbocycles. The number of hydrogen-bond donors (Lipinski definition) is 0. The normalized spacial score (nSPS) is 13.4. The maximum Gasteiger partial charge on any atom is 0.229 e. The first kappa shape index (κ1) is 17.7. The van der Waals surface area contributed by atoms with Gasteiger partial charge in [-0.3, -0.25) is 4.79 Å². The minimum Gasteiger partial charge on any atom is -0.318 e. The number of fused-ring (bicyclic) bond motifs is 1. The average Bonchev–Trinajstić information content (AvgIpc) is 2.97. The molecule has 0 radical (unpaired) electrons. The first-order chi connectivity index (χ1) is 13.0. The van der Waals surface area contributed by atoms with E-state index in [1.807, 2.05) is 35.2 Å². The molecule has 1 aliphatic rings. The van der Waals surface area contributed by atoms with Gasteiger partial charge in [0, 0.05) is 34.3 Å². The van der Waals surface area contributed by atoms with Crippen LogP contribution < -0.4 is 4.57 Å². The molecule has 0 fully saturated rings. The van der Waals surface area contributed by atoms with Gasteiger partial charge in [-0.05, 0) is 75.4 Å². The molecule has 27 heavy (non-hydrogen) atoms. The maximum absolute atomic E-state index is 13.2.